The zero-order chi connectivity index (χ0) is 18.1. The molecule has 0 radical (unpaired) electrons. The number of esters is 1. The molecule has 134 valence electrons. The van der Waals surface area contributed by atoms with Gasteiger partial charge in [0.05, 0.1) is 0 Å². The normalized spacial score (nSPS) is 31.3. The summed E-state index contributed by atoms with van der Waals surface area (Å²) in [6.07, 6.45) is -4.61. The van der Waals surface area contributed by atoms with Gasteiger partial charge in [-0.1, -0.05) is 6.90 Å². The molecule has 0 saturated carbocycles. The molecule has 9 nitrogen and oxygen atoms in total. The van der Waals surface area contributed by atoms with Crippen molar-refractivity contribution < 1.29 is 35.8 Å². The van der Waals surface area contributed by atoms with Crippen LogP contribution in [0, 0.1) is 0 Å². The molecule has 1 heterocycles. The van der Waals surface area contributed by atoms with E-state index in [0.29, 0.717) is 19.4 Å². The van der Waals surface area contributed by atoms with Crippen molar-refractivity contribution in [3.8, 4) is 0 Å². The minimum Gasteiger partial charge on any atom is -0.463 e. The highest BCUT2D eigenvalue weighted by atomic mass is 16.6. The Morgan fingerprint density at radius 2 is 2.04 bits per heavy atom. The fraction of sp³-hybridized carbons (Fsp3) is 0.857. The van der Waals surface area contributed by atoms with Crippen molar-refractivity contribution in [3.05, 3.63) is 0 Å². The number of aliphatic hydroxyl groups is 3. The van der Waals surface area contributed by atoms with Gasteiger partial charge in [-0.25, -0.2) is 0 Å². The van der Waals surface area contributed by atoms with Crippen molar-refractivity contribution in [2.24, 2.45) is 5.73 Å². The molecule has 0 aromatic rings. The second-order valence-electron chi connectivity index (χ2n) is 5.32. The molecule has 0 bridgehead atoms. The van der Waals surface area contributed by atoms with E-state index in [9.17, 15) is 24.9 Å². The summed E-state index contributed by atoms with van der Waals surface area (Å²) >= 11 is 0. The van der Waals surface area contributed by atoms with E-state index < -0.39 is 42.5 Å². The SMILES string of the molecule is [2H]CCCC(=O)N[C@H]1C(O)O[C@H](COC(=O)CCCN)[C@@H](O)[C@@H]1O. The van der Waals surface area contributed by atoms with Crippen LogP contribution in [0.4, 0.5) is 0 Å². The second-order valence-corrected chi connectivity index (χ2v) is 5.32. The van der Waals surface area contributed by atoms with E-state index in [1.165, 1.54) is 0 Å². The predicted octanol–water partition coefficient (Wildman–Crippen LogP) is -2.01. The van der Waals surface area contributed by atoms with Gasteiger partial charge in [-0.2, -0.15) is 0 Å². The molecule has 1 unspecified atom stereocenters. The van der Waals surface area contributed by atoms with Gasteiger partial charge in [-0.15, -0.1) is 0 Å². The third kappa shape index (κ3) is 6.04. The van der Waals surface area contributed by atoms with E-state index in [1.54, 1.807) is 0 Å². The Kier molecular flexibility index (Phi) is 7.69. The first-order valence-electron chi connectivity index (χ1n) is 8.25. The van der Waals surface area contributed by atoms with Crippen LogP contribution >= 0.6 is 0 Å². The Hall–Kier alpha value is -1.26. The zero-order valence-corrected chi connectivity index (χ0v) is 12.9. The number of rotatable bonds is 8. The molecule has 1 rings (SSSR count). The number of amides is 1. The van der Waals surface area contributed by atoms with Crippen molar-refractivity contribution in [1.82, 2.24) is 5.32 Å². The first-order chi connectivity index (χ1) is 11.4. The van der Waals surface area contributed by atoms with Gasteiger partial charge in [0.1, 0.15) is 31.0 Å². The smallest absolute Gasteiger partial charge is 0.305 e. The molecule has 0 spiro atoms. The lowest BCUT2D eigenvalue weighted by atomic mass is 9.97. The van der Waals surface area contributed by atoms with E-state index in [4.69, 9.17) is 16.6 Å². The average Bonchev–Trinajstić information content (AvgIpc) is 2.56. The Bertz CT molecular complexity index is 411. The van der Waals surface area contributed by atoms with E-state index in [0.717, 1.165) is 0 Å². The van der Waals surface area contributed by atoms with Gasteiger partial charge >= 0.3 is 5.97 Å². The van der Waals surface area contributed by atoms with Crippen LogP contribution < -0.4 is 11.1 Å². The lowest BCUT2D eigenvalue weighted by molar-refractivity contribution is -0.255. The highest BCUT2D eigenvalue weighted by Crippen LogP contribution is 2.20. The third-order valence-electron chi connectivity index (χ3n) is 3.45. The van der Waals surface area contributed by atoms with Gasteiger partial charge < -0.3 is 35.8 Å². The molecule has 6 N–H and O–H groups in total. The predicted molar refractivity (Wildman–Crippen MR) is 79.0 cm³/mol. The Morgan fingerprint density at radius 1 is 1.30 bits per heavy atom. The summed E-state index contributed by atoms with van der Waals surface area (Å²) in [5, 5.41) is 32.4. The molecule has 0 aliphatic carbocycles. The highest BCUT2D eigenvalue weighted by Gasteiger charge is 2.44. The van der Waals surface area contributed by atoms with Crippen molar-refractivity contribution in [2.45, 2.75) is 63.2 Å². The minimum absolute atomic E-state index is 0.0672. The fourth-order valence-corrected chi connectivity index (χ4v) is 2.15. The van der Waals surface area contributed by atoms with Gasteiger partial charge in [-0.05, 0) is 19.4 Å². The van der Waals surface area contributed by atoms with Crippen LogP contribution in [-0.4, -0.2) is 71.0 Å². The molecule has 0 aromatic carbocycles. The molecule has 1 aliphatic heterocycles. The molecule has 1 amide bonds. The molecular weight excluding hydrogens is 308 g/mol. The molecular formula is C14H26N2O7. The highest BCUT2D eigenvalue weighted by molar-refractivity contribution is 5.76. The van der Waals surface area contributed by atoms with Crippen molar-refractivity contribution in [1.29, 1.82) is 0 Å². The maximum absolute atomic E-state index is 11.6. The number of carbonyl (C=O) groups is 2. The largest absolute Gasteiger partial charge is 0.463 e. The van der Waals surface area contributed by atoms with E-state index in [2.05, 4.69) is 5.32 Å². The summed E-state index contributed by atoms with van der Waals surface area (Å²) in [5.41, 5.74) is 5.28. The first kappa shape index (κ1) is 18.1. The number of carbonyl (C=O) groups excluding carboxylic acids is 2. The number of nitrogens with two attached hydrogens (primary N) is 1. The Balaban J connectivity index is 2.50. The van der Waals surface area contributed by atoms with Crippen molar-refractivity contribution >= 4 is 11.9 Å². The van der Waals surface area contributed by atoms with Crippen LogP contribution in [0.3, 0.4) is 0 Å². The van der Waals surface area contributed by atoms with Crippen LogP contribution in [0.2, 0.25) is 0 Å². The zero-order valence-electron chi connectivity index (χ0n) is 13.9. The fourth-order valence-electron chi connectivity index (χ4n) is 2.15. The summed E-state index contributed by atoms with van der Waals surface area (Å²) < 4.78 is 17.0. The van der Waals surface area contributed by atoms with Gasteiger partial charge in [-0.3, -0.25) is 9.59 Å². The summed E-state index contributed by atoms with van der Waals surface area (Å²) in [6.45, 7) is 0.0921. The maximum Gasteiger partial charge on any atom is 0.305 e. The summed E-state index contributed by atoms with van der Waals surface area (Å²) in [6, 6.07) is -1.21. The number of ether oxygens (including phenoxy) is 2. The second kappa shape index (κ2) is 9.78. The summed E-state index contributed by atoms with van der Waals surface area (Å²) in [4.78, 5) is 23.0. The van der Waals surface area contributed by atoms with Gasteiger partial charge in [0.25, 0.3) is 0 Å². The van der Waals surface area contributed by atoms with E-state index >= 15 is 0 Å². The molecule has 0 aromatic heterocycles. The summed E-state index contributed by atoms with van der Waals surface area (Å²) in [7, 11) is 0. The Morgan fingerprint density at radius 3 is 2.70 bits per heavy atom. The van der Waals surface area contributed by atoms with Crippen LogP contribution in [0.5, 0.6) is 0 Å². The third-order valence-corrected chi connectivity index (χ3v) is 3.45. The summed E-state index contributed by atoms with van der Waals surface area (Å²) in [5.74, 6) is -0.987. The molecule has 1 fully saturated rings. The lowest BCUT2D eigenvalue weighted by Gasteiger charge is -2.40. The van der Waals surface area contributed by atoms with Gasteiger partial charge in [0.2, 0.25) is 5.91 Å². The van der Waals surface area contributed by atoms with Crippen LogP contribution in [0.25, 0.3) is 0 Å². The van der Waals surface area contributed by atoms with E-state index in [-0.39, 0.29) is 26.3 Å². The quantitative estimate of drug-likeness (QED) is 0.319. The molecule has 9 heteroatoms. The van der Waals surface area contributed by atoms with Crippen molar-refractivity contribution in [3.63, 3.8) is 0 Å². The number of nitrogens with one attached hydrogen (secondary N) is 1. The average molecular weight is 335 g/mol. The van der Waals surface area contributed by atoms with Crippen LogP contribution in [0.15, 0.2) is 0 Å². The lowest BCUT2D eigenvalue weighted by Crippen LogP contribution is -2.64. The molecule has 1 saturated heterocycles. The molecule has 1 aliphatic rings. The number of hydrogen-bond acceptors (Lipinski definition) is 8. The number of hydrogen-bond donors (Lipinski definition) is 5. The Labute approximate surface area is 136 Å². The van der Waals surface area contributed by atoms with Crippen molar-refractivity contribution in [2.75, 3.05) is 13.2 Å². The standard InChI is InChI=1S/C14H26N2O7/c1-2-4-9(17)16-11-13(20)12(19)8(23-14(11)21)7-22-10(18)5-3-6-15/h8,11-14,19-21H,2-7,15H2,1H3,(H,16,17)/t8-,11-,12-,13-,14?/m1/s1/i1D. The molecule has 23 heavy (non-hydrogen) atoms. The minimum atomic E-state index is -1.56. The van der Waals surface area contributed by atoms with Gasteiger partial charge in [0, 0.05) is 14.2 Å². The van der Waals surface area contributed by atoms with Gasteiger partial charge in [0.15, 0.2) is 6.29 Å². The number of aliphatic hydroxyl groups excluding tert-OH is 3. The molecule has 5 atom stereocenters. The van der Waals surface area contributed by atoms with E-state index in [1.807, 2.05) is 0 Å². The monoisotopic (exact) mass is 335 g/mol. The van der Waals surface area contributed by atoms with Crippen LogP contribution in [-0.2, 0) is 19.1 Å². The maximum atomic E-state index is 11.6. The van der Waals surface area contributed by atoms with Crippen LogP contribution in [0.1, 0.15) is 34.0 Å². The topological polar surface area (TPSA) is 151 Å². The first-order valence-corrected chi connectivity index (χ1v) is 7.54.